The maximum Gasteiger partial charge on any atom is 0.442 e. The van der Waals surface area contributed by atoms with Crippen molar-refractivity contribution in [1.29, 1.82) is 0 Å². The Balaban J connectivity index is 2.61. The standard InChI is InChI=1S/C12H14N2O3/c1-12(2,3)14-10(13-17-11(14)16)8-4-6-9(15)7-5-8/h4-7,15H,1-3H3. The van der Waals surface area contributed by atoms with Crippen molar-refractivity contribution < 1.29 is 9.63 Å². The van der Waals surface area contributed by atoms with E-state index in [1.165, 1.54) is 4.57 Å². The number of aromatic hydroxyl groups is 1. The van der Waals surface area contributed by atoms with Gasteiger partial charge in [0, 0.05) is 11.1 Å². The fourth-order valence-electron chi connectivity index (χ4n) is 1.63. The number of phenolic OH excluding ortho intramolecular Hbond substituents is 1. The monoisotopic (exact) mass is 234 g/mol. The summed E-state index contributed by atoms with van der Waals surface area (Å²) in [5.74, 6) is 0.143. The predicted octanol–water partition coefficient (Wildman–Crippen LogP) is 1.96. The number of hydrogen-bond donors (Lipinski definition) is 1. The molecule has 5 nitrogen and oxygen atoms in total. The van der Waals surface area contributed by atoms with Crippen LogP contribution in [0.25, 0.3) is 11.4 Å². The highest BCUT2D eigenvalue weighted by molar-refractivity contribution is 5.56. The zero-order chi connectivity index (χ0) is 12.6. The first-order valence-corrected chi connectivity index (χ1v) is 5.28. The lowest BCUT2D eigenvalue weighted by Gasteiger charge is -2.20. The van der Waals surface area contributed by atoms with E-state index in [9.17, 15) is 9.90 Å². The SMILES string of the molecule is CC(C)(C)n1c(-c2ccc(O)cc2)noc1=O. The second kappa shape index (κ2) is 3.76. The lowest BCUT2D eigenvalue weighted by atomic mass is 10.1. The van der Waals surface area contributed by atoms with Gasteiger partial charge < -0.3 is 5.11 Å². The molecule has 0 aliphatic carbocycles. The highest BCUT2D eigenvalue weighted by Gasteiger charge is 2.23. The van der Waals surface area contributed by atoms with Crippen LogP contribution >= 0.6 is 0 Å². The second-order valence-electron chi connectivity index (χ2n) is 4.83. The van der Waals surface area contributed by atoms with Gasteiger partial charge in [0.25, 0.3) is 0 Å². The van der Waals surface area contributed by atoms with Crippen molar-refractivity contribution in [2.45, 2.75) is 26.3 Å². The predicted molar refractivity (Wildman–Crippen MR) is 62.9 cm³/mol. The molecule has 2 rings (SSSR count). The summed E-state index contributed by atoms with van der Waals surface area (Å²) in [6.07, 6.45) is 0. The molecular weight excluding hydrogens is 220 g/mol. The maximum absolute atomic E-state index is 11.6. The maximum atomic E-state index is 11.6. The van der Waals surface area contributed by atoms with Crippen LogP contribution in [0.5, 0.6) is 5.75 Å². The zero-order valence-electron chi connectivity index (χ0n) is 9.97. The molecule has 0 spiro atoms. The van der Waals surface area contributed by atoms with Crippen molar-refractivity contribution in [3.05, 3.63) is 34.8 Å². The van der Waals surface area contributed by atoms with Crippen molar-refractivity contribution in [1.82, 2.24) is 9.72 Å². The molecule has 90 valence electrons. The van der Waals surface area contributed by atoms with E-state index in [0.717, 1.165) is 5.56 Å². The quantitative estimate of drug-likeness (QED) is 0.819. The summed E-state index contributed by atoms with van der Waals surface area (Å²) >= 11 is 0. The van der Waals surface area contributed by atoms with Crippen LogP contribution in [0.15, 0.2) is 33.6 Å². The van der Waals surface area contributed by atoms with Crippen LogP contribution in [-0.4, -0.2) is 14.8 Å². The molecule has 0 unspecified atom stereocenters. The number of nitrogens with zero attached hydrogens (tertiary/aromatic N) is 2. The summed E-state index contributed by atoms with van der Waals surface area (Å²) in [6.45, 7) is 5.69. The summed E-state index contributed by atoms with van der Waals surface area (Å²) in [6, 6.07) is 6.46. The largest absolute Gasteiger partial charge is 0.508 e. The highest BCUT2D eigenvalue weighted by atomic mass is 16.5. The van der Waals surface area contributed by atoms with Gasteiger partial charge in [-0.25, -0.2) is 4.79 Å². The first-order valence-electron chi connectivity index (χ1n) is 5.28. The molecule has 0 radical (unpaired) electrons. The van der Waals surface area contributed by atoms with Gasteiger partial charge in [0.15, 0.2) is 5.82 Å². The molecular formula is C12H14N2O3. The van der Waals surface area contributed by atoms with Gasteiger partial charge in [-0.2, -0.15) is 0 Å². The molecule has 0 fully saturated rings. The lowest BCUT2D eigenvalue weighted by molar-refractivity contribution is 0.330. The summed E-state index contributed by atoms with van der Waals surface area (Å²) in [5, 5.41) is 13.0. The molecule has 0 atom stereocenters. The second-order valence-corrected chi connectivity index (χ2v) is 4.83. The normalized spacial score (nSPS) is 11.7. The minimum Gasteiger partial charge on any atom is -0.508 e. The van der Waals surface area contributed by atoms with Crippen molar-refractivity contribution in [2.75, 3.05) is 0 Å². The van der Waals surface area contributed by atoms with E-state index in [1.54, 1.807) is 24.3 Å². The number of phenols is 1. The molecule has 0 amide bonds. The Kier molecular flexibility index (Phi) is 2.53. The summed E-state index contributed by atoms with van der Waals surface area (Å²) in [7, 11) is 0. The average Bonchev–Trinajstić information content (AvgIpc) is 2.61. The molecule has 0 saturated carbocycles. The topological polar surface area (TPSA) is 68.3 Å². The number of hydrogen-bond acceptors (Lipinski definition) is 4. The van der Waals surface area contributed by atoms with Crippen molar-refractivity contribution in [3.8, 4) is 17.1 Å². The van der Waals surface area contributed by atoms with Crippen LogP contribution < -0.4 is 5.76 Å². The van der Waals surface area contributed by atoms with Gasteiger partial charge >= 0.3 is 5.76 Å². The van der Waals surface area contributed by atoms with Crippen LogP contribution in [0.4, 0.5) is 0 Å². The number of aromatic nitrogens is 2. The van der Waals surface area contributed by atoms with Gasteiger partial charge in [-0.1, -0.05) is 5.16 Å². The molecule has 1 aromatic carbocycles. The van der Waals surface area contributed by atoms with Gasteiger partial charge in [0.05, 0.1) is 0 Å². The van der Waals surface area contributed by atoms with Crippen LogP contribution in [0.3, 0.4) is 0 Å². The summed E-state index contributed by atoms with van der Waals surface area (Å²) in [5.41, 5.74) is 0.313. The molecule has 1 N–H and O–H groups in total. The van der Waals surface area contributed by atoms with E-state index in [0.29, 0.717) is 5.82 Å². The molecule has 1 aromatic heterocycles. The third-order valence-corrected chi connectivity index (χ3v) is 2.40. The van der Waals surface area contributed by atoms with E-state index in [1.807, 2.05) is 20.8 Å². The Bertz CT molecular complexity index is 573. The van der Waals surface area contributed by atoms with Crippen molar-refractivity contribution in [2.24, 2.45) is 0 Å². The molecule has 0 bridgehead atoms. The molecule has 0 aliphatic rings. The van der Waals surface area contributed by atoms with E-state index in [-0.39, 0.29) is 5.75 Å². The number of rotatable bonds is 1. The average molecular weight is 234 g/mol. The minimum atomic E-state index is -0.486. The third-order valence-electron chi connectivity index (χ3n) is 2.40. The summed E-state index contributed by atoms with van der Waals surface area (Å²) < 4.78 is 6.19. The molecule has 5 heteroatoms. The van der Waals surface area contributed by atoms with Gasteiger partial charge in [-0.15, -0.1) is 0 Å². The van der Waals surface area contributed by atoms with Crippen LogP contribution in [0.2, 0.25) is 0 Å². The van der Waals surface area contributed by atoms with Crippen LogP contribution in [0, 0.1) is 0 Å². The number of benzene rings is 1. The van der Waals surface area contributed by atoms with Gasteiger partial charge in [-0.05, 0) is 45.0 Å². The molecule has 1 heterocycles. The molecule has 2 aromatic rings. The Labute approximate surface area is 98.3 Å². The molecule has 0 aliphatic heterocycles. The first-order chi connectivity index (χ1) is 7.89. The highest BCUT2D eigenvalue weighted by Crippen LogP contribution is 2.23. The fraction of sp³-hybridized carbons (Fsp3) is 0.333. The Morgan fingerprint density at radius 2 is 1.82 bits per heavy atom. The lowest BCUT2D eigenvalue weighted by Crippen LogP contribution is -2.31. The third kappa shape index (κ3) is 2.08. The van der Waals surface area contributed by atoms with Crippen molar-refractivity contribution in [3.63, 3.8) is 0 Å². The Morgan fingerprint density at radius 1 is 1.24 bits per heavy atom. The van der Waals surface area contributed by atoms with Gasteiger partial charge in [-0.3, -0.25) is 9.09 Å². The Morgan fingerprint density at radius 3 is 2.35 bits per heavy atom. The zero-order valence-corrected chi connectivity index (χ0v) is 9.97. The Hall–Kier alpha value is -2.04. The fourth-order valence-corrected chi connectivity index (χ4v) is 1.63. The van der Waals surface area contributed by atoms with E-state index < -0.39 is 11.3 Å². The molecule has 17 heavy (non-hydrogen) atoms. The van der Waals surface area contributed by atoms with Crippen molar-refractivity contribution >= 4 is 0 Å². The van der Waals surface area contributed by atoms with Crippen LogP contribution in [0.1, 0.15) is 20.8 Å². The summed E-state index contributed by atoms with van der Waals surface area (Å²) in [4.78, 5) is 11.6. The smallest absolute Gasteiger partial charge is 0.442 e. The minimum absolute atomic E-state index is 0.168. The van der Waals surface area contributed by atoms with Gasteiger partial charge in [0.2, 0.25) is 0 Å². The van der Waals surface area contributed by atoms with Gasteiger partial charge in [0.1, 0.15) is 5.75 Å². The van der Waals surface area contributed by atoms with Crippen LogP contribution in [-0.2, 0) is 5.54 Å². The first kappa shape index (κ1) is 11.4. The molecule has 0 saturated heterocycles. The van der Waals surface area contributed by atoms with E-state index in [2.05, 4.69) is 5.16 Å². The van der Waals surface area contributed by atoms with E-state index in [4.69, 9.17) is 4.52 Å². The van der Waals surface area contributed by atoms with E-state index >= 15 is 0 Å².